The van der Waals surface area contributed by atoms with Crippen LogP contribution >= 0.6 is 0 Å². The second kappa shape index (κ2) is 17.7. The number of aryl methyl sites for hydroxylation is 2. The normalized spacial score (nSPS) is 11.4. The van der Waals surface area contributed by atoms with E-state index in [-0.39, 0.29) is 44.1 Å². The summed E-state index contributed by atoms with van der Waals surface area (Å²) in [6, 6.07) is 23.2. The van der Waals surface area contributed by atoms with Crippen LogP contribution in [0.2, 0.25) is 0 Å². The van der Waals surface area contributed by atoms with E-state index in [1.54, 1.807) is 0 Å². The number of halogens is 8. The molecule has 0 aliphatic carbocycles. The van der Waals surface area contributed by atoms with Gasteiger partial charge in [-0.15, -0.1) is 0 Å². The van der Waals surface area contributed by atoms with Gasteiger partial charge in [-0.25, -0.2) is 35.1 Å². The highest BCUT2D eigenvalue weighted by atomic mass is 19.2. The molecule has 10 heteroatoms. The van der Waals surface area contributed by atoms with Crippen molar-refractivity contribution in [3.8, 4) is 0 Å². The number of nitrogens with two attached hydrogens (primary N) is 1. The van der Waals surface area contributed by atoms with Crippen LogP contribution in [0.4, 0.5) is 35.1 Å². The molecule has 292 valence electrons. The summed E-state index contributed by atoms with van der Waals surface area (Å²) in [7, 11) is 0. The molecule has 0 saturated heterocycles. The molecule has 0 atom stereocenters. The maximum atomic E-state index is 15.0. The van der Waals surface area contributed by atoms with Crippen LogP contribution in [0, 0.1) is 74.2 Å². The molecule has 0 aromatic heterocycles. The van der Waals surface area contributed by atoms with E-state index < -0.39 is 52.7 Å². The van der Waals surface area contributed by atoms with Crippen LogP contribution in [0.1, 0.15) is 58.4 Å². The van der Waals surface area contributed by atoms with Crippen molar-refractivity contribution in [1.29, 1.82) is 0 Å². The van der Waals surface area contributed by atoms with Crippen LogP contribution in [0.5, 0.6) is 0 Å². The lowest BCUT2D eigenvalue weighted by Crippen LogP contribution is -2.81. The third-order valence-corrected chi connectivity index (χ3v) is 11.0. The fourth-order valence-electron chi connectivity index (χ4n) is 8.05. The number of hydrogen-bond donors (Lipinski definition) is 1. The zero-order valence-electron chi connectivity index (χ0n) is 32.2. The first-order valence-electron chi connectivity index (χ1n) is 18.6. The van der Waals surface area contributed by atoms with Crippen molar-refractivity contribution in [2.45, 2.75) is 67.5 Å². The Morgan fingerprint density at radius 3 is 0.893 bits per heavy atom. The summed E-state index contributed by atoms with van der Waals surface area (Å²) in [5.74, 6) is -8.71. The average Bonchev–Trinajstić information content (AvgIpc) is 3.16. The highest BCUT2D eigenvalue weighted by molar-refractivity contribution is 7.20. The lowest BCUT2D eigenvalue weighted by atomic mass is 9.11. The molecule has 6 aromatic rings. The molecule has 2 N–H and O–H groups in total. The summed E-state index contributed by atoms with van der Waals surface area (Å²) < 4.78 is 119. The summed E-state index contributed by atoms with van der Waals surface area (Å²) in [5, 5.41) is 2.41. The van der Waals surface area contributed by atoms with Gasteiger partial charge in [0.1, 0.15) is 65.8 Å². The molecular formula is C46H44BF8N. The Kier molecular flexibility index (Phi) is 13.3. The monoisotopic (exact) mass is 773 g/mol. The summed E-state index contributed by atoms with van der Waals surface area (Å²) in [4.78, 5) is 0. The minimum Gasteiger partial charge on any atom is -0.339 e. The second-order valence-corrected chi connectivity index (χ2v) is 14.2. The van der Waals surface area contributed by atoms with Crippen LogP contribution < -0.4 is 27.2 Å². The fourth-order valence-corrected chi connectivity index (χ4v) is 8.05. The molecule has 6 aromatic carbocycles. The maximum absolute atomic E-state index is 15.0. The van der Waals surface area contributed by atoms with Crippen LogP contribution in [-0.2, 0) is 25.9 Å². The van der Waals surface area contributed by atoms with Crippen LogP contribution in [0.3, 0.4) is 0 Å². The van der Waals surface area contributed by atoms with Crippen molar-refractivity contribution >= 4 is 28.0 Å². The molecule has 0 unspecified atom stereocenters. The Balaban J connectivity index is 0.000000265. The molecule has 0 radical (unpaired) electrons. The molecule has 0 aliphatic rings. The van der Waals surface area contributed by atoms with Gasteiger partial charge >= 0.3 is 0 Å². The van der Waals surface area contributed by atoms with Gasteiger partial charge < -0.3 is 5.32 Å². The first kappa shape index (κ1) is 41.9. The number of hydrogen-bond acceptors (Lipinski definition) is 0. The van der Waals surface area contributed by atoms with E-state index in [1.807, 2.05) is 0 Å². The second-order valence-electron chi connectivity index (χ2n) is 14.2. The van der Waals surface area contributed by atoms with E-state index in [1.165, 1.54) is 49.9 Å². The predicted molar refractivity (Wildman–Crippen MR) is 210 cm³/mol. The zero-order valence-corrected chi connectivity index (χ0v) is 32.2. The summed E-state index contributed by atoms with van der Waals surface area (Å²) >= 11 is 0. The first-order chi connectivity index (χ1) is 26.6. The maximum Gasteiger partial charge on any atom is 0.125 e. The van der Waals surface area contributed by atoms with Crippen LogP contribution in [0.15, 0.2) is 97.1 Å². The van der Waals surface area contributed by atoms with Gasteiger partial charge in [0.15, 0.2) is 0 Å². The van der Waals surface area contributed by atoms with Gasteiger partial charge in [-0.2, -0.15) is 21.9 Å². The Hall–Kier alpha value is -5.22. The van der Waals surface area contributed by atoms with Gasteiger partial charge in [-0.3, -0.25) is 0 Å². The van der Waals surface area contributed by atoms with Gasteiger partial charge in [0.2, 0.25) is 0 Å². The van der Waals surface area contributed by atoms with Gasteiger partial charge in [0, 0.05) is 35.4 Å². The van der Waals surface area contributed by atoms with E-state index in [0.717, 1.165) is 50.2 Å². The molecule has 6 rings (SSSR count). The Morgan fingerprint density at radius 2 is 0.643 bits per heavy atom. The molecule has 0 aliphatic heterocycles. The van der Waals surface area contributed by atoms with E-state index in [9.17, 15) is 17.6 Å². The lowest BCUT2D eigenvalue weighted by Gasteiger charge is -2.48. The van der Waals surface area contributed by atoms with Gasteiger partial charge in [-0.1, -0.05) is 86.6 Å². The molecule has 0 spiro atoms. The van der Waals surface area contributed by atoms with Crippen molar-refractivity contribution in [3.63, 3.8) is 0 Å². The van der Waals surface area contributed by atoms with Crippen molar-refractivity contribution < 1.29 is 40.4 Å². The largest absolute Gasteiger partial charge is 0.339 e. The molecule has 0 amide bonds. The molecule has 0 heterocycles. The SMILES string of the molecule is CCc1ccccc1C[NH2+]Cc1ccccc1CC.Cc1c(F)cc(F)cc1[B-](c1cc(F)cc(F)c1C)(c1cc(F)cc(F)c1C)c1cc(F)cc(F)c1C. The highest BCUT2D eigenvalue weighted by Gasteiger charge is 2.39. The standard InChI is InChI=1S/C28H20BF8.C18H23N/c1-13-21(5-17(30)9-25(13)34)29(22-6-18(31)10-26(35)14(22)2,23-7-19(32)11-27(36)15(23)3)24-8-20(33)12-28(37)16(24)4;1-3-15-9-5-7-11-17(15)13-19-14-18-12-8-6-10-16(18)4-2/h5-12H,1-4H3;5-12,19H,3-4,13-14H2,1-2H3/q-1;/p+1. The first-order valence-corrected chi connectivity index (χ1v) is 18.6. The minimum absolute atomic E-state index is 0.237. The van der Waals surface area contributed by atoms with Crippen molar-refractivity contribution in [2.24, 2.45) is 0 Å². The quantitative estimate of drug-likeness (QED) is 0.106. The number of quaternary nitrogens is 1. The number of benzene rings is 6. The summed E-state index contributed by atoms with van der Waals surface area (Å²) in [6.07, 6.45) is -1.15. The lowest BCUT2D eigenvalue weighted by molar-refractivity contribution is -0.686. The molecule has 0 bridgehead atoms. The molecular weight excluding hydrogens is 729 g/mol. The van der Waals surface area contributed by atoms with Gasteiger partial charge in [0.25, 0.3) is 0 Å². The summed E-state index contributed by atoms with van der Waals surface area (Å²) in [6.45, 7) is 11.5. The number of rotatable bonds is 10. The van der Waals surface area contributed by atoms with Crippen molar-refractivity contribution in [1.82, 2.24) is 0 Å². The third-order valence-electron chi connectivity index (χ3n) is 11.0. The molecule has 56 heavy (non-hydrogen) atoms. The highest BCUT2D eigenvalue weighted by Crippen LogP contribution is 2.23. The molecule has 0 fully saturated rings. The molecule has 0 saturated carbocycles. The smallest absolute Gasteiger partial charge is 0.125 e. The Labute approximate surface area is 323 Å². The third kappa shape index (κ3) is 8.45. The van der Waals surface area contributed by atoms with E-state index in [4.69, 9.17) is 0 Å². The van der Waals surface area contributed by atoms with E-state index in [2.05, 4.69) is 67.7 Å². The average molecular weight is 774 g/mol. The van der Waals surface area contributed by atoms with Gasteiger partial charge in [-0.05, 0) is 73.9 Å². The van der Waals surface area contributed by atoms with Gasteiger partial charge in [0.05, 0.1) is 0 Å². The molecule has 1 nitrogen and oxygen atoms in total. The Bertz CT molecular complexity index is 2090. The Morgan fingerprint density at radius 1 is 0.393 bits per heavy atom. The zero-order chi connectivity index (χ0) is 40.9. The minimum atomic E-state index is -3.39. The van der Waals surface area contributed by atoms with Crippen molar-refractivity contribution in [2.75, 3.05) is 0 Å². The van der Waals surface area contributed by atoms with Crippen LogP contribution in [0.25, 0.3) is 0 Å². The van der Waals surface area contributed by atoms with Crippen molar-refractivity contribution in [3.05, 3.63) is 188 Å². The van der Waals surface area contributed by atoms with Crippen LogP contribution in [-0.4, -0.2) is 6.15 Å². The fraction of sp³-hybridized carbons (Fsp3) is 0.217. The van der Waals surface area contributed by atoms with E-state index >= 15 is 17.6 Å². The van der Waals surface area contributed by atoms with E-state index in [0.29, 0.717) is 24.3 Å². The summed E-state index contributed by atoms with van der Waals surface area (Å²) in [5.41, 5.74) is 3.80. The predicted octanol–water partition coefficient (Wildman–Crippen LogP) is 8.49. The topological polar surface area (TPSA) is 16.6 Å².